The average molecular weight is 348 g/mol. The maximum atomic E-state index is 6.02. The van der Waals surface area contributed by atoms with Crippen LogP contribution in [-0.2, 0) is 6.42 Å². The van der Waals surface area contributed by atoms with E-state index in [9.17, 15) is 0 Å². The van der Waals surface area contributed by atoms with Gasteiger partial charge in [0, 0.05) is 5.92 Å². The molecule has 1 atom stereocenters. The van der Waals surface area contributed by atoms with Crippen molar-refractivity contribution in [1.82, 2.24) is 0 Å². The van der Waals surface area contributed by atoms with E-state index >= 15 is 0 Å². The summed E-state index contributed by atoms with van der Waals surface area (Å²) in [6, 6.07) is 12.8. The van der Waals surface area contributed by atoms with Gasteiger partial charge in [-0.05, 0) is 71.6 Å². The number of hydrogen-bond donors (Lipinski definition) is 1. The molecular weight excluding hydrogens is 326 g/mol. The molecule has 0 aromatic heterocycles. The molecule has 0 bridgehead atoms. The normalized spacial score (nSPS) is 12.2. The predicted molar refractivity (Wildman–Crippen MR) is 92.1 cm³/mol. The van der Waals surface area contributed by atoms with Gasteiger partial charge in [-0.25, -0.2) is 0 Å². The average Bonchev–Trinajstić information content (AvgIpc) is 2.45. The molecule has 0 aliphatic rings. The monoisotopic (exact) mass is 347 g/mol. The fraction of sp³-hybridized carbons (Fsp3) is 0.333. The predicted octanol–water partition coefficient (Wildman–Crippen LogP) is 4.36. The van der Waals surface area contributed by atoms with E-state index in [-0.39, 0.29) is 0 Å². The van der Waals surface area contributed by atoms with Gasteiger partial charge in [-0.1, -0.05) is 29.8 Å². The van der Waals surface area contributed by atoms with Gasteiger partial charge in [0.15, 0.2) is 0 Å². The molecule has 0 fully saturated rings. The van der Waals surface area contributed by atoms with Crippen molar-refractivity contribution in [3.8, 4) is 5.75 Å². The van der Waals surface area contributed by atoms with Crippen LogP contribution in [0.1, 0.15) is 28.2 Å². The van der Waals surface area contributed by atoms with Gasteiger partial charge in [-0.15, -0.1) is 0 Å². The number of halogens is 1. The molecule has 0 aliphatic heterocycles. The van der Waals surface area contributed by atoms with Crippen LogP contribution in [0.25, 0.3) is 0 Å². The molecule has 112 valence electrons. The SMILES string of the molecule is COc1ccc(CC(CN)c2ccc(C)cc2C)cc1Br. The van der Waals surface area contributed by atoms with Crippen LogP contribution >= 0.6 is 15.9 Å². The molecule has 3 heteroatoms. The third kappa shape index (κ3) is 3.86. The summed E-state index contributed by atoms with van der Waals surface area (Å²) in [4.78, 5) is 0. The first-order chi connectivity index (χ1) is 10.0. The Morgan fingerprint density at radius 1 is 1.14 bits per heavy atom. The van der Waals surface area contributed by atoms with Gasteiger partial charge in [-0.2, -0.15) is 0 Å². The number of benzene rings is 2. The highest BCUT2D eigenvalue weighted by atomic mass is 79.9. The zero-order valence-corrected chi connectivity index (χ0v) is 14.4. The van der Waals surface area contributed by atoms with Crippen LogP contribution in [0, 0.1) is 13.8 Å². The number of nitrogens with two attached hydrogens (primary N) is 1. The molecule has 0 aliphatic carbocycles. The Hall–Kier alpha value is -1.32. The van der Waals surface area contributed by atoms with Gasteiger partial charge < -0.3 is 10.5 Å². The van der Waals surface area contributed by atoms with E-state index in [0.29, 0.717) is 12.5 Å². The summed E-state index contributed by atoms with van der Waals surface area (Å²) < 4.78 is 6.26. The van der Waals surface area contributed by atoms with Gasteiger partial charge in [0.1, 0.15) is 5.75 Å². The van der Waals surface area contributed by atoms with E-state index < -0.39 is 0 Å². The van der Waals surface area contributed by atoms with Gasteiger partial charge in [0.05, 0.1) is 11.6 Å². The lowest BCUT2D eigenvalue weighted by Gasteiger charge is -2.19. The van der Waals surface area contributed by atoms with Crippen molar-refractivity contribution in [1.29, 1.82) is 0 Å². The second-order valence-electron chi connectivity index (χ2n) is 5.47. The fourth-order valence-corrected chi connectivity index (χ4v) is 3.31. The second-order valence-corrected chi connectivity index (χ2v) is 6.32. The summed E-state index contributed by atoms with van der Waals surface area (Å²) in [5.74, 6) is 1.19. The van der Waals surface area contributed by atoms with E-state index in [0.717, 1.165) is 16.6 Å². The molecule has 2 rings (SSSR count). The van der Waals surface area contributed by atoms with Crippen molar-refractivity contribution in [2.75, 3.05) is 13.7 Å². The van der Waals surface area contributed by atoms with E-state index in [4.69, 9.17) is 10.5 Å². The van der Waals surface area contributed by atoms with Gasteiger partial charge >= 0.3 is 0 Å². The first-order valence-electron chi connectivity index (χ1n) is 7.14. The third-order valence-electron chi connectivity index (χ3n) is 3.85. The molecule has 2 aromatic rings. The minimum absolute atomic E-state index is 0.339. The number of hydrogen-bond acceptors (Lipinski definition) is 2. The summed E-state index contributed by atoms with van der Waals surface area (Å²) >= 11 is 3.54. The lowest BCUT2D eigenvalue weighted by molar-refractivity contribution is 0.412. The van der Waals surface area contributed by atoms with Crippen LogP contribution in [0.3, 0.4) is 0 Å². The molecule has 0 saturated carbocycles. The Morgan fingerprint density at radius 3 is 2.48 bits per heavy atom. The van der Waals surface area contributed by atoms with Crippen molar-refractivity contribution >= 4 is 15.9 Å². The van der Waals surface area contributed by atoms with E-state index in [2.05, 4.69) is 60.1 Å². The quantitative estimate of drug-likeness (QED) is 0.871. The summed E-state index contributed by atoms with van der Waals surface area (Å²) in [6.45, 7) is 4.93. The largest absolute Gasteiger partial charge is 0.496 e. The van der Waals surface area contributed by atoms with Gasteiger partial charge in [-0.3, -0.25) is 0 Å². The van der Waals surface area contributed by atoms with Crippen molar-refractivity contribution in [2.24, 2.45) is 5.73 Å². The number of methoxy groups -OCH3 is 1. The topological polar surface area (TPSA) is 35.2 Å². The molecule has 2 N–H and O–H groups in total. The highest BCUT2D eigenvalue weighted by molar-refractivity contribution is 9.10. The fourth-order valence-electron chi connectivity index (χ4n) is 2.73. The highest BCUT2D eigenvalue weighted by Gasteiger charge is 2.14. The molecule has 21 heavy (non-hydrogen) atoms. The van der Waals surface area contributed by atoms with E-state index in [1.807, 2.05) is 6.07 Å². The van der Waals surface area contributed by atoms with Crippen LogP contribution in [0.15, 0.2) is 40.9 Å². The Bertz CT molecular complexity index is 625. The zero-order chi connectivity index (χ0) is 15.4. The Kier molecular flexibility index (Phi) is 5.43. The van der Waals surface area contributed by atoms with Crippen LogP contribution in [0.2, 0.25) is 0 Å². The van der Waals surface area contributed by atoms with Crippen LogP contribution < -0.4 is 10.5 Å². The summed E-state index contributed by atoms with van der Waals surface area (Å²) in [5.41, 5.74) is 11.2. The lowest BCUT2D eigenvalue weighted by Crippen LogP contribution is -2.16. The molecule has 0 radical (unpaired) electrons. The van der Waals surface area contributed by atoms with Crippen molar-refractivity contribution < 1.29 is 4.74 Å². The number of aryl methyl sites for hydroxylation is 2. The smallest absolute Gasteiger partial charge is 0.133 e. The van der Waals surface area contributed by atoms with Crippen LogP contribution in [0.4, 0.5) is 0 Å². The summed E-state index contributed by atoms with van der Waals surface area (Å²) in [7, 11) is 1.68. The lowest BCUT2D eigenvalue weighted by atomic mass is 9.88. The zero-order valence-electron chi connectivity index (χ0n) is 12.8. The second kappa shape index (κ2) is 7.10. The number of rotatable bonds is 5. The standard InChI is InChI=1S/C18H22BrNO/c1-12-4-6-16(13(2)8-12)15(11-20)9-14-5-7-18(21-3)17(19)10-14/h4-8,10,15H,9,11,20H2,1-3H3. The Balaban J connectivity index is 2.24. The molecule has 0 heterocycles. The summed E-state index contributed by atoms with van der Waals surface area (Å²) in [6.07, 6.45) is 0.934. The first-order valence-corrected chi connectivity index (χ1v) is 7.94. The Morgan fingerprint density at radius 2 is 1.90 bits per heavy atom. The van der Waals surface area contributed by atoms with Crippen LogP contribution in [-0.4, -0.2) is 13.7 Å². The number of ether oxygens (including phenoxy) is 1. The van der Waals surface area contributed by atoms with Crippen molar-refractivity contribution in [3.63, 3.8) is 0 Å². The van der Waals surface area contributed by atoms with Crippen LogP contribution in [0.5, 0.6) is 5.75 Å². The van der Waals surface area contributed by atoms with Gasteiger partial charge in [0.2, 0.25) is 0 Å². The molecule has 1 unspecified atom stereocenters. The minimum Gasteiger partial charge on any atom is -0.496 e. The molecular formula is C18H22BrNO. The molecule has 0 amide bonds. The Labute approximate surface area is 135 Å². The van der Waals surface area contributed by atoms with Crippen molar-refractivity contribution in [3.05, 3.63) is 63.1 Å². The third-order valence-corrected chi connectivity index (χ3v) is 4.47. The maximum absolute atomic E-state index is 6.02. The molecule has 2 aromatic carbocycles. The van der Waals surface area contributed by atoms with E-state index in [1.165, 1.54) is 22.3 Å². The highest BCUT2D eigenvalue weighted by Crippen LogP contribution is 2.29. The molecule has 0 saturated heterocycles. The first kappa shape index (κ1) is 16.1. The minimum atomic E-state index is 0.339. The van der Waals surface area contributed by atoms with E-state index in [1.54, 1.807) is 7.11 Å². The molecule has 0 spiro atoms. The van der Waals surface area contributed by atoms with Gasteiger partial charge in [0.25, 0.3) is 0 Å². The summed E-state index contributed by atoms with van der Waals surface area (Å²) in [5, 5.41) is 0. The van der Waals surface area contributed by atoms with Crippen molar-refractivity contribution in [2.45, 2.75) is 26.2 Å². The molecule has 2 nitrogen and oxygen atoms in total. The maximum Gasteiger partial charge on any atom is 0.133 e.